The molecule has 4 aromatic rings. The lowest BCUT2D eigenvalue weighted by molar-refractivity contribution is 0.457. The number of aromatic amines is 1. The summed E-state index contributed by atoms with van der Waals surface area (Å²) >= 11 is 3.49. The highest BCUT2D eigenvalue weighted by atomic mass is 79.9. The van der Waals surface area contributed by atoms with Gasteiger partial charge in [0.05, 0.1) is 29.4 Å². The Kier molecular flexibility index (Phi) is 4.03. The van der Waals surface area contributed by atoms with Crippen LogP contribution in [0.5, 0.6) is 5.88 Å². The number of aromatic hydroxyl groups is 1. The van der Waals surface area contributed by atoms with E-state index in [1.165, 1.54) is 0 Å². The second-order valence-corrected chi connectivity index (χ2v) is 6.38. The third-order valence-corrected chi connectivity index (χ3v) is 4.33. The quantitative estimate of drug-likeness (QED) is 0.500. The topological polar surface area (TPSA) is 74.2 Å². The molecular formula is C19H13BrN4O. The fraction of sp³-hybridized carbons (Fsp3) is 0. The molecule has 6 heteroatoms. The monoisotopic (exact) mass is 392 g/mol. The number of benzene rings is 2. The maximum atomic E-state index is 10.6. The number of rotatable bonds is 3. The first kappa shape index (κ1) is 15.5. The SMILES string of the molecule is Oc1[nH]c2ccc(Br)cc2c1C(=Nc1ccnnc1)c1ccccc1. The molecule has 0 atom stereocenters. The van der Waals surface area contributed by atoms with Gasteiger partial charge >= 0.3 is 0 Å². The van der Waals surface area contributed by atoms with Crippen molar-refractivity contribution in [3.05, 3.63) is 82.6 Å². The molecular weight excluding hydrogens is 380 g/mol. The number of aliphatic imine (C=N–C) groups is 1. The van der Waals surface area contributed by atoms with Gasteiger partial charge in [0.2, 0.25) is 0 Å². The Morgan fingerprint density at radius 3 is 2.64 bits per heavy atom. The van der Waals surface area contributed by atoms with E-state index in [1.54, 1.807) is 18.5 Å². The van der Waals surface area contributed by atoms with Gasteiger partial charge in [0.25, 0.3) is 0 Å². The van der Waals surface area contributed by atoms with E-state index in [2.05, 4.69) is 31.1 Å². The molecule has 0 bridgehead atoms. The van der Waals surface area contributed by atoms with Gasteiger partial charge in [-0.05, 0) is 24.3 Å². The van der Waals surface area contributed by atoms with Gasteiger partial charge in [-0.3, -0.25) is 0 Å². The van der Waals surface area contributed by atoms with Crippen LogP contribution < -0.4 is 0 Å². The van der Waals surface area contributed by atoms with E-state index in [4.69, 9.17) is 4.99 Å². The first-order valence-electron chi connectivity index (χ1n) is 7.64. The van der Waals surface area contributed by atoms with Crippen LogP contribution in [-0.2, 0) is 0 Å². The summed E-state index contributed by atoms with van der Waals surface area (Å²) in [6.45, 7) is 0. The molecule has 0 radical (unpaired) electrons. The van der Waals surface area contributed by atoms with E-state index in [0.29, 0.717) is 17.0 Å². The molecule has 4 rings (SSSR count). The third-order valence-electron chi connectivity index (χ3n) is 3.83. The molecule has 5 nitrogen and oxygen atoms in total. The number of hydrogen-bond acceptors (Lipinski definition) is 4. The summed E-state index contributed by atoms with van der Waals surface area (Å²) in [5.41, 5.74) is 3.72. The van der Waals surface area contributed by atoms with Crippen LogP contribution in [-0.4, -0.2) is 26.0 Å². The van der Waals surface area contributed by atoms with Crippen LogP contribution in [0.15, 0.2) is 76.5 Å². The van der Waals surface area contributed by atoms with Crippen LogP contribution >= 0.6 is 15.9 Å². The van der Waals surface area contributed by atoms with Crippen LogP contribution in [0.3, 0.4) is 0 Å². The number of nitrogens with one attached hydrogen (secondary N) is 1. The molecule has 0 amide bonds. The molecule has 2 N–H and O–H groups in total. The van der Waals surface area contributed by atoms with Gasteiger partial charge in [0.15, 0.2) is 5.88 Å². The van der Waals surface area contributed by atoms with Gasteiger partial charge < -0.3 is 10.1 Å². The van der Waals surface area contributed by atoms with Crippen molar-refractivity contribution < 1.29 is 5.11 Å². The van der Waals surface area contributed by atoms with Gasteiger partial charge in [-0.15, -0.1) is 0 Å². The Morgan fingerprint density at radius 2 is 1.88 bits per heavy atom. The van der Waals surface area contributed by atoms with Crippen molar-refractivity contribution in [2.24, 2.45) is 4.99 Å². The van der Waals surface area contributed by atoms with E-state index in [-0.39, 0.29) is 5.88 Å². The van der Waals surface area contributed by atoms with Crippen molar-refractivity contribution in [1.82, 2.24) is 15.2 Å². The second-order valence-electron chi connectivity index (χ2n) is 5.47. The Bertz CT molecular complexity index is 1060. The summed E-state index contributed by atoms with van der Waals surface area (Å²) in [5, 5.41) is 19.1. The van der Waals surface area contributed by atoms with Crippen molar-refractivity contribution in [2.75, 3.05) is 0 Å². The highest BCUT2D eigenvalue weighted by molar-refractivity contribution is 9.10. The number of halogens is 1. The summed E-state index contributed by atoms with van der Waals surface area (Å²) in [6.07, 6.45) is 3.18. The zero-order chi connectivity index (χ0) is 17.2. The highest BCUT2D eigenvalue weighted by Crippen LogP contribution is 2.32. The maximum Gasteiger partial charge on any atom is 0.199 e. The highest BCUT2D eigenvalue weighted by Gasteiger charge is 2.18. The minimum Gasteiger partial charge on any atom is -0.494 e. The average Bonchev–Trinajstić information content (AvgIpc) is 2.96. The molecule has 25 heavy (non-hydrogen) atoms. The van der Waals surface area contributed by atoms with Crippen molar-refractivity contribution in [2.45, 2.75) is 0 Å². The van der Waals surface area contributed by atoms with Gasteiger partial charge in [-0.1, -0.05) is 46.3 Å². The second kappa shape index (κ2) is 6.49. The number of aromatic nitrogens is 3. The fourth-order valence-corrected chi connectivity index (χ4v) is 3.09. The van der Waals surface area contributed by atoms with Crippen LogP contribution in [0.2, 0.25) is 0 Å². The predicted octanol–water partition coefficient (Wildman–Crippen LogP) is 4.60. The minimum absolute atomic E-state index is 0.0812. The summed E-state index contributed by atoms with van der Waals surface area (Å²) in [7, 11) is 0. The summed E-state index contributed by atoms with van der Waals surface area (Å²) in [6, 6.07) is 17.3. The molecule has 2 heterocycles. The van der Waals surface area contributed by atoms with Gasteiger partial charge in [0.1, 0.15) is 0 Å². The Morgan fingerprint density at radius 1 is 1.04 bits per heavy atom. The summed E-state index contributed by atoms with van der Waals surface area (Å²) < 4.78 is 0.929. The molecule has 0 fully saturated rings. The molecule has 2 aromatic heterocycles. The maximum absolute atomic E-state index is 10.6. The van der Waals surface area contributed by atoms with Gasteiger partial charge in [-0.2, -0.15) is 10.2 Å². The number of nitrogens with zero attached hydrogens (tertiary/aromatic N) is 3. The van der Waals surface area contributed by atoms with Crippen molar-refractivity contribution in [1.29, 1.82) is 0 Å². The summed E-state index contributed by atoms with van der Waals surface area (Å²) in [4.78, 5) is 7.75. The van der Waals surface area contributed by atoms with Crippen LogP contribution in [0, 0.1) is 0 Å². The first-order valence-corrected chi connectivity index (χ1v) is 8.43. The van der Waals surface area contributed by atoms with E-state index in [1.807, 2.05) is 48.5 Å². The molecule has 0 aliphatic rings. The standard InChI is InChI=1S/C19H13BrN4O/c20-13-6-7-16-15(10-13)17(19(25)24-16)18(12-4-2-1-3-5-12)23-14-8-9-21-22-11-14/h1-11,24-25H. The van der Waals surface area contributed by atoms with E-state index >= 15 is 0 Å². The lowest BCUT2D eigenvalue weighted by atomic mass is 10.0. The zero-order valence-corrected chi connectivity index (χ0v) is 14.6. The Balaban J connectivity index is 2.01. The summed E-state index contributed by atoms with van der Waals surface area (Å²) in [5.74, 6) is 0.0812. The molecule has 0 spiro atoms. The Labute approximate surface area is 152 Å². The largest absolute Gasteiger partial charge is 0.494 e. The van der Waals surface area contributed by atoms with Crippen LogP contribution in [0.25, 0.3) is 10.9 Å². The molecule has 2 aromatic carbocycles. The van der Waals surface area contributed by atoms with E-state index in [0.717, 1.165) is 20.9 Å². The lowest BCUT2D eigenvalue weighted by Crippen LogP contribution is -2.03. The first-order chi connectivity index (χ1) is 12.2. The molecule has 0 saturated carbocycles. The molecule has 0 unspecified atom stereocenters. The molecule has 0 saturated heterocycles. The number of H-pyrrole nitrogens is 1. The lowest BCUT2D eigenvalue weighted by Gasteiger charge is -2.07. The van der Waals surface area contributed by atoms with Crippen LogP contribution in [0.1, 0.15) is 11.1 Å². The van der Waals surface area contributed by atoms with Crippen molar-refractivity contribution >= 4 is 38.2 Å². The smallest absolute Gasteiger partial charge is 0.199 e. The van der Waals surface area contributed by atoms with E-state index < -0.39 is 0 Å². The van der Waals surface area contributed by atoms with Gasteiger partial charge in [-0.25, -0.2) is 4.99 Å². The number of fused-ring (bicyclic) bond motifs is 1. The fourth-order valence-electron chi connectivity index (χ4n) is 2.73. The van der Waals surface area contributed by atoms with Crippen LogP contribution in [0.4, 0.5) is 5.69 Å². The van der Waals surface area contributed by atoms with E-state index in [9.17, 15) is 5.11 Å². The van der Waals surface area contributed by atoms with Gasteiger partial charge in [0, 0.05) is 20.9 Å². The predicted molar refractivity (Wildman–Crippen MR) is 101 cm³/mol. The number of hydrogen-bond donors (Lipinski definition) is 2. The normalized spacial score (nSPS) is 11.8. The average molecular weight is 393 g/mol. The molecule has 0 aliphatic heterocycles. The zero-order valence-electron chi connectivity index (χ0n) is 13.0. The van der Waals surface area contributed by atoms with Crippen molar-refractivity contribution in [3.8, 4) is 5.88 Å². The Hall–Kier alpha value is -2.99. The van der Waals surface area contributed by atoms with Crippen molar-refractivity contribution in [3.63, 3.8) is 0 Å². The minimum atomic E-state index is 0.0812. The molecule has 0 aliphatic carbocycles. The third kappa shape index (κ3) is 3.04. The molecule has 122 valence electrons.